The van der Waals surface area contributed by atoms with Gasteiger partial charge >= 0.3 is 0 Å². The minimum absolute atomic E-state index is 0.138. The molecule has 1 aromatic rings. The fourth-order valence-electron chi connectivity index (χ4n) is 1.68. The molecule has 0 aliphatic heterocycles. The van der Waals surface area contributed by atoms with Crippen LogP contribution in [0.2, 0.25) is 0 Å². The molecule has 0 bridgehead atoms. The average Bonchev–Trinajstić information content (AvgIpc) is 2.27. The van der Waals surface area contributed by atoms with E-state index in [-0.39, 0.29) is 11.7 Å². The van der Waals surface area contributed by atoms with Gasteiger partial charge in [0.05, 0.1) is 12.9 Å². The summed E-state index contributed by atoms with van der Waals surface area (Å²) in [6.07, 6.45) is 0.661. The van der Waals surface area contributed by atoms with Crippen molar-refractivity contribution in [2.24, 2.45) is 5.92 Å². The number of hydrogen-bond acceptors (Lipinski definition) is 3. The lowest BCUT2D eigenvalue weighted by Crippen LogP contribution is -2.30. The van der Waals surface area contributed by atoms with Crippen molar-refractivity contribution in [2.45, 2.75) is 20.3 Å². The van der Waals surface area contributed by atoms with E-state index in [1.54, 1.807) is 7.11 Å². The van der Waals surface area contributed by atoms with Crippen molar-refractivity contribution in [1.82, 2.24) is 4.72 Å². The van der Waals surface area contributed by atoms with Crippen molar-refractivity contribution in [2.75, 3.05) is 19.4 Å². The molecule has 1 rings (SSSR count). The zero-order valence-corrected chi connectivity index (χ0v) is 12.0. The molecule has 0 unspecified atom stereocenters. The molecule has 0 spiro atoms. The van der Waals surface area contributed by atoms with E-state index < -0.39 is 10.0 Å². The Bertz CT molecular complexity index is 469. The second-order valence-corrected chi connectivity index (χ2v) is 6.52. The van der Waals surface area contributed by atoms with Crippen LogP contribution in [-0.4, -0.2) is 27.8 Å². The standard InChI is InChI=1S/C13H21NO3S/c1-11(2)10-18(15,16)14-8-7-12-5-4-6-13(9-12)17-3/h4-6,9,11,14H,7-8,10H2,1-3H3. The highest BCUT2D eigenvalue weighted by Gasteiger charge is 2.11. The van der Waals surface area contributed by atoms with E-state index in [2.05, 4.69) is 4.72 Å². The van der Waals surface area contributed by atoms with E-state index in [9.17, 15) is 8.42 Å². The summed E-state index contributed by atoms with van der Waals surface area (Å²) in [5.74, 6) is 1.10. The largest absolute Gasteiger partial charge is 0.497 e. The monoisotopic (exact) mass is 271 g/mol. The summed E-state index contributed by atoms with van der Waals surface area (Å²) >= 11 is 0. The van der Waals surface area contributed by atoms with Crippen molar-refractivity contribution in [1.29, 1.82) is 0 Å². The summed E-state index contributed by atoms with van der Waals surface area (Å²) in [5.41, 5.74) is 1.06. The maximum atomic E-state index is 11.6. The summed E-state index contributed by atoms with van der Waals surface area (Å²) in [6, 6.07) is 7.64. The minimum atomic E-state index is -3.15. The smallest absolute Gasteiger partial charge is 0.211 e. The third-order valence-electron chi connectivity index (χ3n) is 2.42. The molecule has 4 nitrogen and oxygen atoms in total. The van der Waals surface area contributed by atoms with Gasteiger partial charge in [0.25, 0.3) is 0 Å². The van der Waals surface area contributed by atoms with Crippen molar-refractivity contribution >= 4 is 10.0 Å². The molecule has 1 aromatic carbocycles. The number of nitrogens with one attached hydrogen (secondary N) is 1. The van der Waals surface area contributed by atoms with Crippen LogP contribution in [0.3, 0.4) is 0 Å². The predicted octanol–water partition coefficient (Wildman–Crippen LogP) is 1.81. The Morgan fingerprint density at radius 3 is 2.67 bits per heavy atom. The second kappa shape index (κ2) is 6.75. The molecule has 102 valence electrons. The highest BCUT2D eigenvalue weighted by Crippen LogP contribution is 2.12. The summed E-state index contributed by atoms with van der Waals surface area (Å²) in [5, 5.41) is 0. The molecule has 0 aromatic heterocycles. The summed E-state index contributed by atoms with van der Waals surface area (Å²) < 4.78 is 31.0. The number of sulfonamides is 1. The van der Waals surface area contributed by atoms with Gasteiger partial charge in [-0.1, -0.05) is 26.0 Å². The van der Waals surface area contributed by atoms with Crippen LogP contribution in [0, 0.1) is 5.92 Å². The van der Waals surface area contributed by atoms with Crippen LogP contribution in [0.1, 0.15) is 19.4 Å². The lowest BCUT2D eigenvalue weighted by Gasteiger charge is -2.09. The van der Waals surface area contributed by atoms with E-state index in [4.69, 9.17) is 4.74 Å². The zero-order chi connectivity index (χ0) is 13.6. The van der Waals surface area contributed by atoms with Crippen LogP contribution in [0.4, 0.5) is 0 Å². The van der Waals surface area contributed by atoms with Crippen molar-refractivity contribution in [3.8, 4) is 5.75 Å². The summed E-state index contributed by atoms with van der Waals surface area (Å²) in [6.45, 7) is 4.20. The molecule has 0 amide bonds. The van der Waals surface area contributed by atoms with Gasteiger partial charge in [-0.2, -0.15) is 0 Å². The quantitative estimate of drug-likeness (QED) is 0.823. The Hall–Kier alpha value is -1.07. The molecule has 0 heterocycles. The molecule has 5 heteroatoms. The van der Waals surface area contributed by atoms with Crippen LogP contribution in [-0.2, 0) is 16.4 Å². The van der Waals surface area contributed by atoms with Gasteiger partial charge in [-0.3, -0.25) is 0 Å². The van der Waals surface area contributed by atoms with Crippen LogP contribution < -0.4 is 9.46 Å². The molecular weight excluding hydrogens is 250 g/mol. The van der Waals surface area contributed by atoms with Gasteiger partial charge in [-0.05, 0) is 30.0 Å². The number of hydrogen-bond donors (Lipinski definition) is 1. The fraction of sp³-hybridized carbons (Fsp3) is 0.538. The first-order valence-corrected chi connectivity index (χ1v) is 7.68. The summed E-state index contributed by atoms with van der Waals surface area (Å²) in [7, 11) is -1.53. The highest BCUT2D eigenvalue weighted by molar-refractivity contribution is 7.89. The molecule has 0 saturated heterocycles. The third-order valence-corrected chi connectivity index (χ3v) is 4.17. The van der Waals surface area contributed by atoms with Crippen molar-refractivity contribution < 1.29 is 13.2 Å². The first-order chi connectivity index (χ1) is 8.43. The first kappa shape index (κ1) is 15.0. The number of methoxy groups -OCH3 is 1. The molecule has 0 fully saturated rings. The molecule has 0 atom stereocenters. The lowest BCUT2D eigenvalue weighted by molar-refractivity contribution is 0.414. The number of ether oxygens (including phenoxy) is 1. The molecule has 0 aliphatic carbocycles. The van der Waals surface area contributed by atoms with E-state index >= 15 is 0 Å². The molecule has 0 saturated carbocycles. The predicted molar refractivity (Wildman–Crippen MR) is 73.3 cm³/mol. The van der Waals surface area contributed by atoms with Gasteiger partial charge in [0, 0.05) is 6.54 Å². The Balaban J connectivity index is 2.46. The molecule has 18 heavy (non-hydrogen) atoms. The van der Waals surface area contributed by atoms with Crippen LogP contribution >= 0.6 is 0 Å². The van der Waals surface area contributed by atoms with Gasteiger partial charge in [0.2, 0.25) is 10.0 Å². The lowest BCUT2D eigenvalue weighted by atomic mass is 10.1. The van der Waals surface area contributed by atoms with Crippen LogP contribution in [0.15, 0.2) is 24.3 Å². The van der Waals surface area contributed by atoms with E-state index in [0.29, 0.717) is 13.0 Å². The maximum Gasteiger partial charge on any atom is 0.211 e. The molecular formula is C13H21NO3S. The minimum Gasteiger partial charge on any atom is -0.497 e. The van der Waals surface area contributed by atoms with Gasteiger partial charge in [-0.25, -0.2) is 13.1 Å². The molecule has 1 N–H and O–H groups in total. The topological polar surface area (TPSA) is 55.4 Å². The Kier molecular flexibility index (Phi) is 5.62. The van der Waals surface area contributed by atoms with Crippen LogP contribution in [0.25, 0.3) is 0 Å². The van der Waals surface area contributed by atoms with Crippen LogP contribution in [0.5, 0.6) is 5.75 Å². The number of benzene rings is 1. The van der Waals surface area contributed by atoms with Crippen molar-refractivity contribution in [3.05, 3.63) is 29.8 Å². The SMILES string of the molecule is COc1cccc(CCNS(=O)(=O)CC(C)C)c1. The molecule has 0 radical (unpaired) electrons. The van der Waals surface area contributed by atoms with Gasteiger partial charge in [-0.15, -0.1) is 0 Å². The Morgan fingerprint density at radius 2 is 2.06 bits per heavy atom. The van der Waals surface area contributed by atoms with Crippen molar-refractivity contribution in [3.63, 3.8) is 0 Å². The number of rotatable bonds is 7. The molecule has 0 aliphatic rings. The summed E-state index contributed by atoms with van der Waals surface area (Å²) in [4.78, 5) is 0. The normalized spacial score (nSPS) is 11.8. The van der Waals surface area contributed by atoms with E-state index in [1.165, 1.54) is 0 Å². The fourth-order valence-corrected chi connectivity index (χ4v) is 3.09. The van der Waals surface area contributed by atoms with E-state index in [0.717, 1.165) is 11.3 Å². The first-order valence-electron chi connectivity index (χ1n) is 6.03. The second-order valence-electron chi connectivity index (χ2n) is 4.67. The maximum absolute atomic E-state index is 11.6. The van der Waals surface area contributed by atoms with Gasteiger partial charge in [0.15, 0.2) is 0 Å². The van der Waals surface area contributed by atoms with Gasteiger partial charge < -0.3 is 4.74 Å². The zero-order valence-electron chi connectivity index (χ0n) is 11.1. The van der Waals surface area contributed by atoms with E-state index in [1.807, 2.05) is 38.1 Å². The Morgan fingerprint density at radius 1 is 1.33 bits per heavy atom. The van der Waals surface area contributed by atoms with Gasteiger partial charge in [0.1, 0.15) is 5.75 Å². The average molecular weight is 271 g/mol. The highest BCUT2D eigenvalue weighted by atomic mass is 32.2. The third kappa shape index (κ3) is 5.51. The Labute approximate surface area is 109 Å².